The van der Waals surface area contributed by atoms with Crippen molar-refractivity contribution in [2.45, 2.75) is 38.1 Å². The average Bonchev–Trinajstić information content (AvgIpc) is 3.19. The van der Waals surface area contributed by atoms with Gasteiger partial charge in [-0.05, 0) is 49.7 Å². The fourth-order valence-corrected chi connectivity index (χ4v) is 3.89. The molecule has 8 nitrogen and oxygen atoms in total. The highest BCUT2D eigenvalue weighted by Crippen LogP contribution is 2.21. The molecule has 1 amide bonds. The topological polar surface area (TPSA) is 95.3 Å². The predicted molar refractivity (Wildman–Crippen MR) is 132 cm³/mol. The van der Waals surface area contributed by atoms with Gasteiger partial charge in [0.2, 0.25) is 5.91 Å². The Morgan fingerprint density at radius 3 is 2.62 bits per heavy atom. The van der Waals surface area contributed by atoms with Gasteiger partial charge in [0.1, 0.15) is 11.6 Å². The Morgan fingerprint density at radius 2 is 1.94 bits per heavy atom. The van der Waals surface area contributed by atoms with Crippen LogP contribution >= 0.6 is 11.8 Å². The molecule has 0 saturated carbocycles. The van der Waals surface area contributed by atoms with Crippen molar-refractivity contribution in [1.29, 1.82) is 0 Å². The summed E-state index contributed by atoms with van der Waals surface area (Å²) in [5, 5.41) is 12.0. The van der Waals surface area contributed by atoms with E-state index in [0.29, 0.717) is 29.4 Å². The number of hydrogen-bond acceptors (Lipinski definition) is 7. The molecule has 1 heterocycles. The molecule has 1 N–H and O–H groups in total. The minimum absolute atomic E-state index is 0.137. The van der Waals surface area contributed by atoms with Gasteiger partial charge >= 0.3 is 5.97 Å². The Morgan fingerprint density at radius 1 is 1.18 bits per heavy atom. The molecular formula is C25H28N4O4S. The van der Waals surface area contributed by atoms with Gasteiger partial charge in [0.05, 0.1) is 24.5 Å². The minimum Gasteiger partial charge on any atom is -0.497 e. The number of ether oxygens (including phenoxy) is 2. The van der Waals surface area contributed by atoms with Gasteiger partial charge in [0.25, 0.3) is 0 Å². The van der Waals surface area contributed by atoms with Crippen LogP contribution in [-0.2, 0) is 22.5 Å². The first-order valence-corrected chi connectivity index (χ1v) is 11.8. The maximum absolute atomic E-state index is 12.5. The van der Waals surface area contributed by atoms with Gasteiger partial charge in [-0.1, -0.05) is 36.0 Å². The minimum atomic E-state index is -0.428. The third-order valence-corrected chi connectivity index (χ3v) is 5.65. The number of methoxy groups -OCH3 is 1. The maximum atomic E-state index is 12.5. The number of thioether (sulfide) groups is 1. The number of carbonyl (C=O) groups excluding carboxylic acids is 2. The Kier molecular flexibility index (Phi) is 8.86. The van der Waals surface area contributed by atoms with Crippen LogP contribution in [0.15, 0.2) is 66.3 Å². The Hall–Kier alpha value is -3.59. The number of benzene rings is 2. The van der Waals surface area contributed by atoms with E-state index in [1.54, 1.807) is 51.3 Å². The van der Waals surface area contributed by atoms with E-state index in [9.17, 15) is 9.59 Å². The average molecular weight is 481 g/mol. The molecule has 0 aliphatic carbocycles. The van der Waals surface area contributed by atoms with E-state index in [1.807, 2.05) is 28.8 Å². The van der Waals surface area contributed by atoms with Crippen molar-refractivity contribution >= 4 is 29.3 Å². The molecule has 2 aromatic carbocycles. The maximum Gasteiger partial charge on any atom is 0.338 e. The number of esters is 1. The molecule has 9 heteroatoms. The molecule has 0 saturated heterocycles. The summed E-state index contributed by atoms with van der Waals surface area (Å²) in [6, 6.07) is 14.4. The number of amides is 1. The van der Waals surface area contributed by atoms with Crippen molar-refractivity contribution < 1.29 is 19.1 Å². The number of anilines is 1. The summed E-state index contributed by atoms with van der Waals surface area (Å²) in [4.78, 5) is 24.6. The van der Waals surface area contributed by atoms with Crippen LogP contribution in [0.2, 0.25) is 0 Å². The summed E-state index contributed by atoms with van der Waals surface area (Å²) in [5.74, 6) is 1.07. The molecule has 0 aliphatic rings. The normalized spacial score (nSPS) is 10.7. The highest BCUT2D eigenvalue weighted by molar-refractivity contribution is 7.99. The summed E-state index contributed by atoms with van der Waals surface area (Å²) in [7, 11) is 1.63. The van der Waals surface area contributed by atoms with Crippen molar-refractivity contribution in [3.8, 4) is 5.75 Å². The molecule has 0 aliphatic heterocycles. The van der Waals surface area contributed by atoms with Crippen molar-refractivity contribution in [3.05, 3.63) is 78.1 Å². The smallest absolute Gasteiger partial charge is 0.338 e. The Bertz CT molecular complexity index is 1140. The van der Waals surface area contributed by atoms with E-state index in [-0.39, 0.29) is 17.8 Å². The van der Waals surface area contributed by atoms with E-state index in [0.717, 1.165) is 17.1 Å². The van der Waals surface area contributed by atoms with Gasteiger partial charge in [-0.2, -0.15) is 0 Å². The molecule has 3 rings (SSSR count). The van der Waals surface area contributed by atoms with Crippen LogP contribution < -0.4 is 10.1 Å². The number of hydrogen-bond donors (Lipinski definition) is 1. The first-order valence-electron chi connectivity index (χ1n) is 10.8. The second-order valence-electron chi connectivity index (χ2n) is 7.69. The van der Waals surface area contributed by atoms with Crippen molar-refractivity contribution in [1.82, 2.24) is 14.8 Å². The van der Waals surface area contributed by atoms with Gasteiger partial charge in [-0.3, -0.25) is 4.79 Å². The second-order valence-corrected chi connectivity index (χ2v) is 8.64. The van der Waals surface area contributed by atoms with Crippen LogP contribution in [0.3, 0.4) is 0 Å². The van der Waals surface area contributed by atoms with Crippen molar-refractivity contribution in [2.75, 3.05) is 18.2 Å². The van der Waals surface area contributed by atoms with Crippen LogP contribution in [-0.4, -0.2) is 45.6 Å². The van der Waals surface area contributed by atoms with Crippen LogP contribution in [0.4, 0.5) is 5.69 Å². The summed E-state index contributed by atoms with van der Waals surface area (Å²) in [6.07, 6.45) is 2.15. The van der Waals surface area contributed by atoms with E-state index in [4.69, 9.17) is 9.47 Å². The van der Waals surface area contributed by atoms with Crippen LogP contribution in [0.5, 0.6) is 5.75 Å². The number of carbonyl (C=O) groups is 2. The summed E-state index contributed by atoms with van der Waals surface area (Å²) in [5.41, 5.74) is 1.98. The van der Waals surface area contributed by atoms with Gasteiger partial charge in [-0.25, -0.2) is 4.79 Å². The van der Waals surface area contributed by atoms with Crippen LogP contribution in [0.1, 0.15) is 35.6 Å². The molecule has 0 radical (unpaired) electrons. The summed E-state index contributed by atoms with van der Waals surface area (Å²) < 4.78 is 12.4. The third-order valence-electron chi connectivity index (χ3n) is 4.68. The highest BCUT2D eigenvalue weighted by atomic mass is 32.2. The quantitative estimate of drug-likeness (QED) is 0.247. The molecule has 0 spiro atoms. The van der Waals surface area contributed by atoms with Gasteiger partial charge in [0, 0.05) is 18.7 Å². The standard InChI is InChI=1S/C25H28N4O4S/c1-5-13-29-22(14-18-9-11-21(32-4)12-10-18)27-28-25(29)34-16-23(30)26-20-8-6-7-19(15-20)24(31)33-17(2)3/h5-12,15,17H,1,13-14,16H2,2-4H3,(H,26,30). The lowest BCUT2D eigenvalue weighted by Crippen LogP contribution is -2.16. The lowest BCUT2D eigenvalue weighted by Gasteiger charge is -2.10. The van der Waals surface area contributed by atoms with Crippen LogP contribution in [0, 0.1) is 0 Å². The van der Waals surface area contributed by atoms with E-state index >= 15 is 0 Å². The molecule has 3 aromatic rings. The lowest BCUT2D eigenvalue weighted by molar-refractivity contribution is -0.113. The summed E-state index contributed by atoms with van der Waals surface area (Å²) >= 11 is 1.29. The van der Waals surface area contributed by atoms with Gasteiger partial charge in [-0.15, -0.1) is 16.8 Å². The summed E-state index contributed by atoms with van der Waals surface area (Å²) in [6.45, 7) is 7.92. The third kappa shape index (κ3) is 6.95. The fourth-order valence-electron chi connectivity index (χ4n) is 3.13. The molecule has 34 heavy (non-hydrogen) atoms. The van der Waals surface area contributed by atoms with Crippen molar-refractivity contribution in [2.24, 2.45) is 0 Å². The van der Waals surface area contributed by atoms with Crippen molar-refractivity contribution in [3.63, 3.8) is 0 Å². The van der Waals surface area contributed by atoms with E-state index in [2.05, 4.69) is 22.1 Å². The molecule has 178 valence electrons. The monoisotopic (exact) mass is 480 g/mol. The SMILES string of the molecule is C=CCn1c(Cc2ccc(OC)cc2)nnc1SCC(=O)Nc1cccc(C(=O)OC(C)C)c1. The number of rotatable bonds is 11. The van der Waals surface area contributed by atoms with Gasteiger partial charge in [0.15, 0.2) is 5.16 Å². The number of nitrogens with one attached hydrogen (secondary N) is 1. The number of nitrogens with zero attached hydrogens (tertiary/aromatic N) is 3. The second kappa shape index (κ2) is 12.0. The van der Waals surface area contributed by atoms with E-state index < -0.39 is 5.97 Å². The molecule has 1 aromatic heterocycles. The lowest BCUT2D eigenvalue weighted by atomic mass is 10.1. The Balaban J connectivity index is 1.63. The molecular weight excluding hydrogens is 452 g/mol. The highest BCUT2D eigenvalue weighted by Gasteiger charge is 2.15. The largest absolute Gasteiger partial charge is 0.497 e. The van der Waals surface area contributed by atoms with Crippen LogP contribution in [0.25, 0.3) is 0 Å². The first-order chi connectivity index (χ1) is 16.4. The zero-order valence-corrected chi connectivity index (χ0v) is 20.3. The zero-order valence-electron chi connectivity index (χ0n) is 19.5. The number of allylic oxidation sites excluding steroid dienone is 1. The molecule has 0 unspecified atom stereocenters. The molecule has 0 atom stereocenters. The zero-order chi connectivity index (χ0) is 24.5. The molecule has 0 fully saturated rings. The number of aromatic nitrogens is 3. The first kappa shape index (κ1) is 25.0. The predicted octanol–water partition coefficient (Wildman–Crippen LogP) is 4.36. The fraction of sp³-hybridized carbons (Fsp3) is 0.280. The molecule has 0 bridgehead atoms. The van der Waals surface area contributed by atoms with E-state index in [1.165, 1.54) is 11.8 Å². The Labute approximate surface area is 203 Å². The van der Waals surface area contributed by atoms with Gasteiger partial charge < -0.3 is 19.4 Å².